The van der Waals surface area contributed by atoms with Gasteiger partial charge in [0.05, 0.1) is 0 Å². The van der Waals surface area contributed by atoms with E-state index in [1.165, 1.54) is 6.92 Å². The molecule has 2 aromatic carbocycles. The molecule has 0 saturated carbocycles. The molecule has 1 N–H and O–H groups in total. The predicted octanol–water partition coefficient (Wildman–Crippen LogP) is 2.72. The fraction of sp³-hybridized carbons (Fsp3) is 0.176. The van der Waals surface area contributed by atoms with Crippen LogP contribution < -0.4 is 0 Å². The summed E-state index contributed by atoms with van der Waals surface area (Å²) in [5.41, 5.74) is 0.846. The van der Waals surface area contributed by atoms with Crippen LogP contribution in [0.1, 0.15) is 29.3 Å². The van der Waals surface area contributed by atoms with Crippen LogP contribution in [0.4, 0.5) is 0 Å². The van der Waals surface area contributed by atoms with E-state index >= 15 is 0 Å². The molecule has 0 radical (unpaired) electrons. The van der Waals surface area contributed by atoms with Gasteiger partial charge < -0.3 is 5.11 Å². The Morgan fingerprint density at radius 1 is 1.00 bits per heavy atom. The number of fused-ring (bicyclic) bond motifs is 3. The lowest BCUT2D eigenvalue weighted by molar-refractivity contribution is -0.120. The fourth-order valence-corrected chi connectivity index (χ4v) is 2.88. The molecule has 0 fully saturated rings. The van der Waals surface area contributed by atoms with Gasteiger partial charge >= 0.3 is 0 Å². The summed E-state index contributed by atoms with van der Waals surface area (Å²) in [5.74, 6) is -0.614. The van der Waals surface area contributed by atoms with Crippen LogP contribution in [0.15, 0.2) is 48.5 Å². The van der Waals surface area contributed by atoms with Gasteiger partial charge in [-0.05, 0) is 23.6 Å². The molecule has 1 atom stereocenters. The number of aliphatic hydroxyl groups is 1. The Hall–Kier alpha value is -2.26. The molecule has 3 heteroatoms. The van der Waals surface area contributed by atoms with Gasteiger partial charge in [-0.15, -0.1) is 0 Å². The summed E-state index contributed by atoms with van der Waals surface area (Å²) >= 11 is 0. The Morgan fingerprint density at radius 3 is 2.20 bits per heavy atom. The smallest absolute Gasteiger partial charge is 0.200 e. The van der Waals surface area contributed by atoms with Crippen LogP contribution in [0.5, 0.6) is 0 Å². The van der Waals surface area contributed by atoms with E-state index in [9.17, 15) is 14.7 Å². The molecule has 3 nitrogen and oxygen atoms in total. The minimum Gasteiger partial charge on any atom is -0.376 e. The molecule has 3 rings (SSSR count). The third kappa shape index (κ3) is 1.71. The molecule has 0 heterocycles. The maximum absolute atomic E-state index is 12.6. The SMILES string of the molecule is CC(=O)C[C@@]1(O)C(=O)c2ccccc2-c2ccccc21. The van der Waals surface area contributed by atoms with Gasteiger partial charge in [0.25, 0.3) is 0 Å². The van der Waals surface area contributed by atoms with Crippen molar-refractivity contribution in [3.8, 4) is 11.1 Å². The van der Waals surface area contributed by atoms with Crippen LogP contribution in [0.2, 0.25) is 0 Å². The van der Waals surface area contributed by atoms with Gasteiger partial charge in [-0.3, -0.25) is 9.59 Å². The second-order valence-electron chi connectivity index (χ2n) is 5.16. The van der Waals surface area contributed by atoms with E-state index < -0.39 is 11.4 Å². The van der Waals surface area contributed by atoms with Crippen LogP contribution in [-0.4, -0.2) is 16.7 Å². The standard InChI is InChI=1S/C17H14O3/c1-11(18)10-17(20)15-9-5-4-7-13(15)12-6-2-3-8-14(12)16(17)19/h2-9,20H,10H2,1H3/t17-/m0/s1. The van der Waals surface area contributed by atoms with Crippen LogP contribution >= 0.6 is 0 Å². The first-order chi connectivity index (χ1) is 9.54. The lowest BCUT2D eigenvalue weighted by Crippen LogP contribution is -2.40. The fourth-order valence-electron chi connectivity index (χ4n) is 2.88. The Balaban J connectivity index is 2.32. The summed E-state index contributed by atoms with van der Waals surface area (Å²) < 4.78 is 0. The first-order valence-corrected chi connectivity index (χ1v) is 6.49. The zero-order valence-corrected chi connectivity index (χ0v) is 11.1. The zero-order chi connectivity index (χ0) is 14.3. The third-order valence-corrected chi connectivity index (χ3v) is 3.71. The minimum absolute atomic E-state index is 0.197. The average Bonchev–Trinajstić information content (AvgIpc) is 2.45. The summed E-state index contributed by atoms with van der Waals surface area (Å²) in [7, 11) is 0. The normalized spacial score (nSPS) is 20.2. The second kappa shape index (κ2) is 4.39. The molecule has 1 aliphatic carbocycles. The van der Waals surface area contributed by atoms with Gasteiger partial charge in [-0.1, -0.05) is 48.5 Å². The molecule has 0 bridgehead atoms. The molecule has 20 heavy (non-hydrogen) atoms. The molecule has 0 unspecified atom stereocenters. The highest BCUT2D eigenvalue weighted by Gasteiger charge is 2.45. The topological polar surface area (TPSA) is 54.4 Å². The number of hydrogen-bond donors (Lipinski definition) is 1. The lowest BCUT2D eigenvalue weighted by Gasteiger charge is -2.33. The number of rotatable bonds is 2. The predicted molar refractivity (Wildman–Crippen MR) is 75.4 cm³/mol. The zero-order valence-electron chi connectivity index (χ0n) is 11.1. The Bertz CT molecular complexity index is 718. The first-order valence-electron chi connectivity index (χ1n) is 6.49. The number of Topliss-reactive ketones (excluding diaryl/α,β-unsaturated/α-hetero) is 2. The van der Waals surface area contributed by atoms with E-state index in [0.29, 0.717) is 11.1 Å². The highest BCUT2D eigenvalue weighted by Crippen LogP contribution is 2.43. The molecule has 1 aliphatic rings. The summed E-state index contributed by atoms with van der Waals surface area (Å²) in [6, 6.07) is 14.4. The van der Waals surface area contributed by atoms with Gasteiger partial charge in [0.1, 0.15) is 5.78 Å². The molecular weight excluding hydrogens is 252 g/mol. The van der Waals surface area contributed by atoms with Gasteiger partial charge in [0, 0.05) is 12.0 Å². The first kappa shape index (κ1) is 12.8. The molecule has 0 aromatic heterocycles. The molecular formula is C17H14O3. The van der Waals surface area contributed by atoms with Crippen molar-refractivity contribution >= 4 is 11.6 Å². The number of hydrogen-bond acceptors (Lipinski definition) is 3. The molecule has 0 spiro atoms. The summed E-state index contributed by atoms with van der Waals surface area (Å²) in [6.45, 7) is 1.38. The van der Waals surface area contributed by atoms with E-state index in [4.69, 9.17) is 0 Å². The number of benzene rings is 2. The maximum Gasteiger partial charge on any atom is 0.200 e. The molecule has 2 aromatic rings. The maximum atomic E-state index is 12.6. The van der Waals surface area contributed by atoms with Crippen LogP contribution in [0.25, 0.3) is 11.1 Å². The Morgan fingerprint density at radius 2 is 1.55 bits per heavy atom. The number of carbonyl (C=O) groups excluding carboxylic acids is 2. The molecule has 0 aliphatic heterocycles. The summed E-state index contributed by atoms with van der Waals surface area (Å²) in [6.07, 6.45) is -0.197. The van der Waals surface area contributed by atoms with Crippen LogP contribution in [-0.2, 0) is 10.4 Å². The summed E-state index contributed by atoms with van der Waals surface area (Å²) in [4.78, 5) is 24.1. The number of ketones is 2. The van der Waals surface area contributed by atoms with Gasteiger partial charge in [0.2, 0.25) is 0 Å². The van der Waals surface area contributed by atoms with Crippen molar-refractivity contribution in [2.75, 3.05) is 0 Å². The van der Waals surface area contributed by atoms with Crippen LogP contribution in [0.3, 0.4) is 0 Å². The third-order valence-electron chi connectivity index (χ3n) is 3.71. The van der Waals surface area contributed by atoms with Crippen molar-refractivity contribution in [2.24, 2.45) is 0 Å². The second-order valence-corrected chi connectivity index (χ2v) is 5.16. The minimum atomic E-state index is -1.75. The van der Waals surface area contributed by atoms with E-state index in [-0.39, 0.29) is 12.2 Å². The van der Waals surface area contributed by atoms with Crippen molar-refractivity contribution in [1.29, 1.82) is 0 Å². The number of carbonyl (C=O) groups is 2. The summed E-state index contributed by atoms with van der Waals surface area (Å²) in [5, 5.41) is 10.8. The van der Waals surface area contributed by atoms with E-state index in [1.807, 2.05) is 24.3 Å². The van der Waals surface area contributed by atoms with Crippen molar-refractivity contribution in [2.45, 2.75) is 18.9 Å². The van der Waals surface area contributed by atoms with Gasteiger partial charge in [-0.25, -0.2) is 0 Å². The highest BCUT2D eigenvalue weighted by atomic mass is 16.3. The van der Waals surface area contributed by atoms with Crippen molar-refractivity contribution < 1.29 is 14.7 Å². The molecule has 0 amide bonds. The van der Waals surface area contributed by atoms with Crippen LogP contribution in [0, 0.1) is 0 Å². The van der Waals surface area contributed by atoms with E-state index in [1.54, 1.807) is 24.3 Å². The van der Waals surface area contributed by atoms with E-state index in [0.717, 1.165) is 11.1 Å². The lowest BCUT2D eigenvalue weighted by atomic mass is 9.72. The van der Waals surface area contributed by atoms with Crippen molar-refractivity contribution in [1.82, 2.24) is 0 Å². The monoisotopic (exact) mass is 266 g/mol. The van der Waals surface area contributed by atoms with Gasteiger partial charge in [0.15, 0.2) is 11.4 Å². The van der Waals surface area contributed by atoms with Crippen molar-refractivity contribution in [3.05, 3.63) is 59.7 Å². The largest absolute Gasteiger partial charge is 0.376 e. The van der Waals surface area contributed by atoms with Gasteiger partial charge in [-0.2, -0.15) is 0 Å². The Kier molecular flexibility index (Phi) is 2.80. The van der Waals surface area contributed by atoms with Crippen molar-refractivity contribution in [3.63, 3.8) is 0 Å². The molecule has 100 valence electrons. The Labute approximate surface area is 116 Å². The average molecular weight is 266 g/mol. The van der Waals surface area contributed by atoms with E-state index in [2.05, 4.69) is 0 Å². The molecule has 0 saturated heterocycles. The quantitative estimate of drug-likeness (QED) is 0.909. The highest BCUT2D eigenvalue weighted by molar-refractivity contribution is 6.13.